The van der Waals surface area contributed by atoms with Gasteiger partial charge in [0.25, 0.3) is 0 Å². The molecule has 0 unspecified atom stereocenters. The fraction of sp³-hybridized carbons (Fsp3) is 0.348. The minimum atomic E-state index is -4.76. The number of H-pyrrole nitrogens is 1. The van der Waals surface area contributed by atoms with Gasteiger partial charge in [-0.1, -0.05) is 0 Å². The number of benzene rings is 2. The number of rotatable bonds is 6. The SMILES string of the molecule is O=C(CC1CC(c2c(-c3ccc(F)cc3)[nH]c3c(F)cc(F)cc23)C1)N[C@H](CO)C(F)(F)F. The number of aliphatic hydroxyl groups excluding tert-OH is 1. The average Bonchev–Trinajstić information content (AvgIpc) is 3.07. The van der Waals surface area contributed by atoms with E-state index in [0.717, 1.165) is 6.07 Å². The van der Waals surface area contributed by atoms with Crippen LogP contribution in [0.15, 0.2) is 36.4 Å². The molecule has 3 aromatic rings. The molecule has 0 bridgehead atoms. The van der Waals surface area contributed by atoms with Crippen LogP contribution in [0.2, 0.25) is 0 Å². The van der Waals surface area contributed by atoms with Crippen LogP contribution in [0.5, 0.6) is 0 Å². The van der Waals surface area contributed by atoms with Gasteiger partial charge in [-0.05, 0) is 66.1 Å². The van der Waals surface area contributed by atoms with Gasteiger partial charge in [-0.25, -0.2) is 13.2 Å². The van der Waals surface area contributed by atoms with E-state index in [9.17, 15) is 31.1 Å². The van der Waals surface area contributed by atoms with Crippen LogP contribution in [0, 0.1) is 23.4 Å². The molecular formula is C23H20F6N2O2. The van der Waals surface area contributed by atoms with Crippen molar-refractivity contribution in [3.63, 3.8) is 0 Å². The summed E-state index contributed by atoms with van der Waals surface area (Å²) >= 11 is 0. The van der Waals surface area contributed by atoms with Gasteiger partial charge < -0.3 is 15.4 Å². The number of halogens is 6. The van der Waals surface area contributed by atoms with Crippen LogP contribution in [-0.4, -0.2) is 34.8 Å². The van der Waals surface area contributed by atoms with Crippen molar-refractivity contribution in [1.29, 1.82) is 0 Å². The summed E-state index contributed by atoms with van der Waals surface area (Å²) in [6, 6.07) is 5.13. The molecule has 176 valence electrons. The summed E-state index contributed by atoms with van der Waals surface area (Å²) in [5.41, 5.74) is 1.79. The van der Waals surface area contributed by atoms with Gasteiger partial charge in [-0.2, -0.15) is 13.2 Å². The average molecular weight is 470 g/mol. The second kappa shape index (κ2) is 8.74. The van der Waals surface area contributed by atoms with Crippen molar-refractivity contribution in [3.05, 3.63) is 59.4 Å². The lowest BCUT2D eigenvalue weighted by Gasteiger charge is -2.36. The summed E-state index contributed by atoms with van der Waals surface area (Å²) in [6.45, 7) is -1.25. The largest absolute Gasteiger partial charge is 0.410 e. The molecule has 3 N–H and O–H groups in total. The molecule has 4 rings (SSSR count). The third-order valence-electron chi connectivity index (χ3n) is 6.03. The van der Waals surface area contributed by atoms with Gasteiger partial charge >= 0.3 is 6.18 Å². The van der Waals surface area contributed by atoms with Crippen molar-refractivity contribution in [1.82, 2.24) is 10.3 Å². The number of aliphatic hydroxyl groups is 1. The maximum absolute atomic E-state index is 14.4. The number of hydrogen-bond donors (Lipinski definition) is 3. The van der Waals surface area contributed by atoms with Crippen molar-refractivity contribution < 1.29 is 36.2 Å². The predicted octanol–water partition coefficient (Wildman–Crippen LogP) is 5.18. The third-order valence-corrected chi connectivity index (χ3v) is 6.03. The highest BCUT2D eigenvalue weighted by Crippen LogP contribution is 2.49. The molecule has 1 saturated carbocycles. The van der Waals surface area contributed by atoms with E-state index < -0.39 is 42.2 Å². The second-order valence-corrected chi connectivity index (χ2v) is 8.31. The lowest BCUT2D eigenvalue weighted by Crippen LogP contribution is -2.48. The monoisotopic (exact) mass is 470 g/mol. The number of amides is 1. The van der Waals surface area contributed by atoms with E-state index in [-0.39, 0.29) is 23.8 Å². The minimum absolute atomic E-state index is 0.0999. The zero-order chi connectivity index (χ0) is 23.9. The van der Waals surface area contributed by atoms with E-state index in [1.54, 1.807) is 5.32 Å². The topological polar surface area (TPSA) is 65.1 Å². The Kier molecular flexibility index (Phi) is 6.13. The normalized spacial score (nSPS) is 19.4. The number of nitrogens with one attached hydrogen (secondary N) is 2. The van der Waals surface area contributed by atoms with Gasteiger partial charge in [0.2, 0.25) is 5.91 Å². The molecule has 1 fully saturated rings. The zero-order valence-corrected chi connectivity index (χ0v) is 17.1. The first-order valence-electron chi connectivity index (χ1n) is 10.3. The highest BCUT2D eigenvalue weighted by molar-refractivity contribution is 5.92. The number of alkyl halides is 3. The number of carbonyl (C=O) groups is 1. The molecule has 2 aromatic carbocycles. The lowest BCUT2D eigenvalue weighted by molar-refractivity contribution is -0.168. The van der Waals surface area contributed by atoms with E-state index in [1.807, 2.05) is 0 Å². The van der Waals surface area contributed by atoms with E-state index in [1.165, 1.54) is 30.3 Å². The van der Waals surface area contributed by atoms with Crippen LogP contribution >= 0.6 is 0 Å². The second-order valence-electron chi connectivity index (χ2n) is 8.31. The molecule has 0 saturated heterocycles. The standard InChI is InChI=1S/C23H20F6N2O2/c24-14-3-1-12(2-4-14)21-20(16-8-15(25)9-17(26)22(16)31-21)13-5-11(6-13)7-19(33)30-18(10-32)23(27,28)29/h1-4,8-9,11,13,18,31-32H,5-7,10H2,(H,30,33)/t11?,13?,18-/m1/s1. The summed E-state index contributed by atoms with van der Waals surface area (Å²) in [5.74, 6) is -3.26. The van der Waals surface area contributed by atoms with Crippen LogP contribution < -0.4 is 5.32 Å². The molecule has 33 heavy (non-hydrogen) atoms. The van der Waals surface area contributed by atoms with Gasteiger partial charge in [0.1, 0.15) is 23.5 Å². The first-order valence-corrected chi connectivity index (χ1v) is 10.3. The molecule has 1 aliphatic rings. The van der Waals surface area contributed by atoms with Gasteiger partial charge in [0.15, 0.2) is 0 Å². The Morgan fingerprint density at radius 2 is 1.76 bits per heavy atom. The first-order chi connectivity index (χ1) is 15.6. The fourth-order valence-electron chi connectivity index (χ4n) is 4.39. The zero-order valence-electron chi connectivity index (χ0n) is 17.1. The number of carbonyl (C=O) groups excluding carboxylic acids is 1. The molecule has 1 aliphatic carbocycles. The maximum Gasteiger partial charge on any atom is 0.410 e. The van der Waals surface area contributed by atoms with Crippen LogP contribution in [0.1, 0.15) is 30.7 Å². The quantitative estimate of drug-likeness (QED) is 0.435. The smallest absolute Gasteiger partial charge is 0.394 e. The van der Waals surface area contributed by atoms with E-state index in [2.05, 4.69) is 4.98 Å². The molecule has 1 atom stereocenters. The summed E-state index contributed by atoms with van der Waals surface area (Å²) in [7, 11) is 0. The van der Waals surface area contributed by atoms with Crippen molar-refractivity contribution in [2.45, 2.75) is 37.4 Å². The molecule has 4 nitrogen and oxygen atoms in total. The van der Waals surface area contributed by atoms with E-state index >= 15 is 0 Å². The Morgan fingerprint density at radius 3 is 2.36 bits per heavy atom. The van der Waals surface area contributed by atoms with Crippen LogP contribution in [0.4, 0.5) is 26.3 Å². The van der Waals surface area contributed by atoms with Crippen LogP contribution in [0.3, 0.4) is 0 Å². The van der Waals surface area contributed by atoms with Gasteiger partial charge in [-0.15, -0.1) is 0 Å². The minimum Gasteiger partial charge on any atom is -0.394 e. The number of hydrogen-bond acceptors (Lipinski definition) is 2. The van der Waals surface area contributed by atoms with Crippen molar-refractivity contribution in [3.8, 4) is 11.3 Å². The van der Waals surface area contributed by atoms with Crippen molar-refractivity contribution in [2.75, 3.05) is 6.61 Å². The molecule has 0 radical (unpaired) electrons. The predicted molar refractivity (Wildman–Crippen MR) is 109 cm³/mol. The van der Waals surface area contributed by atoms with Crippen molar-refractivity contribution in [2.24, 2.45) is 5.92 Å². The van der Waals surface area contributed by atoms with E-state index in [4.69, 9.17) is 5.11 Å². The first kappa shape index (κ1) is 23.2. The molecule has 10 heteroatoms. The van der Waals surface area contributed by atoms with Crippen molar-refractivity contribution >= 4 is 16.8 Å². The summed E-state index contributed by atoms with van der Waals surface area (Å²) < 4.78 is 80.0. The Hall–Kier alpha value is -3.01. The summed E-state index contributed by atoms with van der Waals surface area (Å²) in [6.07, 6.45) is -4.08. The Bertz CT molecular complexity index is 1170. The lowest BCUT2D eigenvalue weighted by atomic mass is 9.69. The molecular weight excluding hydrogens is 450 g/mol. The number of aromatic amines is 1. The number of fused-ring (bicyclic) bond motifs is 1. The van der Waals surface area contributed by atoms with Gasteiger partial charge in [-0.3, -0.25) is 4.79 Å². The molecule has 0 spiro atoms. The molecule has 1 aromatic heterocycles. The summed E-state index contributed by atoms with van der Waals surface area (Å²) in [5, 5.41) is 11.0. The highest BCUT2D eigenvalue weighted by Gasteiger charge is 2.41. The number of aromatic nitrogens is 1. The molecule has 1 amide bonds. The maximum atomic E-state index is 14.4. The molecule has 0 aliphatic heterocycles. The van der Waals surface area contributed by atoms with Crippen LogP contribution in [0.25, 0.3) is 22.2 Å². The molecule has 1 heterocycles. The third kappa shape index (κ3) is 4.71. The fourth-order valence-corrected chi connectivity index (χ4v) is 4.39. The Morgan fingerprint density at radius 1 is 1.09 bits per heavy atom. The van der Waals surface area contributed by atoms with Gasteiger partial charge in [0, 0.05) is 17.9 Å². The highest BCUT2D eigenvalue weighted by atomic mass is 19.4. The van der Waals surface area contributed by atoms with Crippen LogP contribution in [-0.2, 0) is 4.79 Å². The Labute approximate surface area is 184 Å². The Balaban J connectivity index is 1.56. The van der Waals surface area contributed by atoms with E-state index in [0.29, 0.717) is 35.0 Å². The summed E-state index contributed by atoms with van der Waals surface area (Å²) in [4.78, 5) is 15.0. The van der Waals surface area contributed by atoms with Gasteiger partial charge in [0.05, 0.1) is 17.8 Å².